The Morgan fingerprint density at radius 2 is 2.04 bits per heavy atom. The van der Waals surface area contributed by atoms with Crippen LogP contribution in [-0.4, -0.2) is 30.7 Å². The third kappa shape index (κ3) is 8.15. The second-order valence-electron chi connectivity index (χ2n) is 4.81. The van der Waals surface area contributed by atoms with Crippen LogP contribution in [0.3, 0.4) is 0 Å². The van der Waals surface area contributed by atoms with E-state index in [1.54, 1.807) is 0 Å². The van der Waals surface area contributed by atoms with Gasteiger partial charge in [0.15, 0.2) is 5.11 Å². The molecule has 0 saturated carbocycles. The van der Waals surface area contributed by atoms with Gasteiger partial charge in [-0.2, -0.15) is 0 Å². The Kier molecular flexibility index (Phi) is 8.67. The molecule has 1 aromatic carbocycles. The summed E-state index contributed by atoms with van der Waals surface area (Å²) < 4.78 is 10.1. The molecule has 0 fully saturated rings. The van der Waals surface area contributed by atoms with Gasteiger partial charge in [0.2, 0.25) is 5.91 Å². The van der Waals surface area contributed by atoms with E-state index in [-0.39, 0.29) is 23.9 Å². The lowest BCUT2D eigenvalue weighted by atomic mass is 10.3. The molecule has 0 atom stereocenters. The fraction of sp³-hybridized carbons (Fsp3) is 0.438. The van der Waals surface area contributed by atoms with Crippen molar-refractivity contribution in [2.45, 2.75) is 32.6 Å². The lowest BCUT2D eigenvalue weighted by Gasteiger charge is -2.11. The van der Waals surface area contributed by atoms with Crippen LogP contribution in [0.1, 0.15) is 32.6 Å². The van der Waals surface area contributed by atoms with E-state index < -0.39 is 5.97 Å². The number of hydrogen-bond donors (Lipinski definition) is 2. The van der Waals surface area contributed by atoms with Crippen molar-refractivity contribution in [1.29, 1.82) is 0 Å². The number of benzene rings is 1. The highest BCUT2D eigenvalue weighted by molar-refractivity contribution is 7.80. The lowest BCUT2D eigenvalue weighted by Crippen LogP contribution is -2.34. The minimum Gasteiger partial charge on any atom is -0.494 e. The van der Waals surface area contributed by atoms with Crippen LogP contribution in [0.25, 0.3) is 0 Å². The van der Waals surface area contributed by atoms with E-state index in [0.717, 1.165) is 24.3 Å². The highest BCUT2D eigenvalue weighted by Gasteiger charge is 2.08. The van der Waals surface area contributed by atoms with Gasteiger partial charge < -0.3 is 20.1 Å². The summed E-state index contributed by atoms with van der Waals surface area (Å²) >= 11 is 5.07. The first-order valence-corrected chi connectivity index (χ1v) is 7.86. The highest BCUT2D eigenvalue weighted by Crippen LogP contribution is 2.17. The van der Waals surface area contributed by atoms with Gasteiger partial charge in [0.1, 0.15) is 5.75 Å². The number of esters is 1. The number of unbranched alkanes of at least 4 members (excludes halogenated alkanes) is 1. The topological polar surface area (TPSA) is 76.7 Å². The van der Waals surface area contributed by atoms with Crippen LogP contribution < -0.4 is 15.4 Å². The fourth-order valence-corrected chi connectivity index (χ4v) is 1.90. The Labute approximate surface area is 141 Å². The number of methoxy groups -OCH3 is 1. The summed E-state index contributed by atoms with van der Waals surface area (Å²) in [6, 6.07) is 7.33. The van der Waals surface area contributed by atoms with Gasteiger partial charge in [-0.25, -0.2) is 0 Å². The van der Waals surface area contributed by atoms with Crippen molar-refractivity contribution >= 4 is 34.9 Å². The minimum absolute atomic E-state index is 0.0195. The molecule has 1 amide bonds. The number of hydrogen-bond acceptors (Lipinski definition) is 5. The first-order chi connectivity index (χ1) is 11.0. The second kappa shape index (κ2) is 10.6. The van der Waals surface area contributed by atoms with Crippen LogP contribution in [0.5, 0.6) is 5.75 Å². The number of nitrogens with one attached hydrogen (secondary N) is 2. The number of carbonyl (C=O) groups excluding carboxylic acids is 2. The summed E-state index contributed by atoms with van der Waals surface area (Å²) in [6.45, 7) is 2.76. The Morgan fingerprint density at radius 1 is 1.26 bits per heavy atom. The molecule has 0 aliphatic carbocycles. The van der Waals surface area contributed by atoms with E-state index in [0.29, 0.717) is 6.61 Å². The Morgan fingerprint density at radius 3 is 2.74 bits per heavy atom. The molecular weight excluding hydrogens is 316 g/mol. The third-order valence-electron chi connectivity index (χ3n) is 2.90. The Bertz CT molecular complexity index is 549. The van der Waals surface area contributed by atoms with Gasteiger partial charge in [-0.3, -0.25) is 9.59 Å². The van der Waals surface area contributed by atoms with E-state index >= 15 is 0 Å². The molecule has 0 heterocycles. The average molecular weight is 338 g/mol. The molecule has 0 bridgehead atoms. The molecule has 6 nitrogen and oxygen atoms in total. The standard InChI is InChI=1S/C16H22N2O4S/c1-3-4-10-22-13-7-5-6-12(11-13)17-16(23)18-14(19)8-9-15(20)21-2/h5-7,11H,3-4,8-10H2,1-2H3,(H2,17,18,19,23). The van der Waals surface area contributed by atoms with Gasteiger partial charge in [0.25, 0.3) is 0 Å². The maximum absolute atomic E-state index is 11.6. The summed E-state index contributed by atoms with van der Waals surface area (Å²) in [5, 5.41) is 5.59. The summed E-state index contributed by atoms with van der Waals surface area (Å²) in [6.07, 6.45) is 2.10. The molecule has 1 rings (SSSR count). The molecule has 2 N–H and O–H groups in total. The largest absolute Gasteiger partial charge is 0.494 e. The van der Waals surface area contributed by atoms with E-state index in [4.69, 9.17) is 17.0 Å². The summed E-state index contributed by atoms with van der Waals surface area (Å²) in [5.74, 6) is -0.0394. The number of anilines is 1. The lowest BCUT2D eigenvalue weighted by molar-refractivity contribution is -0.142. The van der Waals surface area contributed by atoms with Crippen LogP contribution in [0.15, 0.2) is 24.3 Å². The summed E-state index contributed by atoms with van der Waals surface area (Å²) in [4.78, 5) is 22.6. The number of thiocarbonyl (C=S) groups is 1. The SMILES string of the molecule is CCCCOc1cccc(NC(=S)NC(=O)CCC(=O)OC)c1. The van der Waals surface area contributed by atoms with Gasteiger partial charge in [-0.05, 0) is 30.8 Å². The molecular formula is C16H22N2O4S. The van der Waals surface area contributed by atoms with Crippen LogP contribution >= 0.6 is 12.2 Å². The van der Waals surface area contributed by atoms with Gasteiger partial charge in [-0.15, -0.1) is 0 Å². The average Bonchev–Trinajstić information content (AvgIpc) is 2.53. The fourth-order valence-electron chi connectivity index (χ4n) is 1.67. The van der Waals surface area contributed by atoms with Crippen molar-refractivity contribution in [3.05, 3.63) is 24.3 Å². The number of ether oxygens (including phenoxy) is 2. The van der Waals surface area contributed by atoms with E-state index in [2.05, 4.69) is 22.3 Å². The van der Waals surface area contributed by atoms with E-state index in [9.17, 15) is 9.59 Å². The predicted molar refractivity (Wildman–Crippen MR) is 92.5 cm³/mol. The van der Waals surface area contributed by atoms with Crippen LogP contribution in [0, 0.1) is 0 Å². The Balaban J connectivity index is 2.42. The first-order valence-electron chi connectivity index (χ1n) is 7.45. The first kappa shape index (κ1) is 18.9. The monoisotopic (exact) mass is 338 g/mol. The van der Waals surface area contributed by atoms with Crippen LogP contribution in [0.2, 0.25) is 0 Å². The van der Waals surface area contributed by atoms with Gasteiger partial charge in [0, 0.05) is 18.2 Å². The second-order valence-corrected chi connectivity index (χ2v) is 5.22. The maximum Gasteiger partial charge on any atom is 0.306 e. The van der Waals surface area contributed by atoms with Crippen LogP contribution in [0.4, 0.5) is 5.69 Å². The summed E-state index contributed by atoms with van der Waals surface area (Å²) in [7, 11) is 1.28. The number of amides is 1. The zero-order chi connectivity index (χ0) is 17.1. The van der Waals surface area contributed by atoms with Gasteiger partial charge in [0.05, 0.1) is 20.1 Å². The summed E-state index contributed by atoms with van der Waals surface area (Å²) in [5.41, 5.74) is 0.720. The van der Waals surface area contributed by atoms with E-state index in [1.807, 2.05) is 24.3 Å². The Hall–Kier alpha value is -2.15. The van der Waals surface area contributed by atoms with Crippen molar-refractivity contribution in [2.75, 3.05) is 19.0 Å². The molecule has 126 valence electrons. The van der Waals surface area contributed by atoms with Gasteiger partial charge in [-0.1, -0.05) is 19.4 Å². The molecule has 1 aromatic rings. The normalized spacial score (nSPS) is 9.83. The van der Waals surface area contributed by atoms with Crippen molar-refractivity contribution < 1.29 is 19.1 Å². The third-order valence-corrected chi connectivity index (χ3v) is 3.10. The molecule has 0 aromatic heterocycles. The van der Waals surface area contributed by atoms with Crippen molar-refractivity contribution in [3.8, 4) is 5.75 Å². The molecule has 0 aliphatic rings. The number of carbonyl (C=O) groups is 2. The highest BCUT2D eigenvalue weighted by atomic mass is 32.1. The molecule has 7 heteroatoms. The smallest absolute Gasteiger partial charge is 0.306 e. The quantitative estimate of drug-likeness (QED) is 0.431. The minimum atomic E-state index is -0.434. The molecule has 0 radical (unpaired) electrons. The van der Waals surface area contributed by atoms with Crippen molar-refractivity contribution in [1.82, 2.24) is 5.32 Å². The van der Waals surface area contributed by atoms with Crippen molar-refractivity contribution in [2.24, 2.45) is 0 Å². The van der Waals surface area contributed by atoms with E-state index in [1.165, 1.54) is 7.11 Å². The predicted octanol–water partition coefficient (Wildman–Crippen LogP) is 2.63. The van der Waals surface area contributed by atoms with Gasteiger partial charge >= 0.3 is 5.97 Å². The van der Waals surface area contributed by atoms with Crippen LogP contribution in [-0.2, 0) is 14.3 Å². The molecule has 0 saturated heterocycles. The van der Waals surface area contributed by atoms with Crippen molar-refractivity contribution in [3.63, 3.8) is 0 Å². The maximum atomic E-state index is 11.6. The zero-order valence-electron chi connectivity index (χ0n) is 13.4. The molecule has 23 heavy (non-hydrogen) atoms. The zero-order valence-corrected chi connectivity index (χ0v) is 14.2. The number of rotatable bonds is 8. The molecule has 0 unspecified atom stereocenters. The molecule has 0 spiro atoms. The molecule has 0 aliphatic heterocycles.